The third kappa shape index (κ3) is 5.58. The van der Waals surface area contributed by atoms with Gasteiger partial charge >= 0.3 is 5.97 Å². The molecule has 0 spiro atoms. The molecule has 0 unspecified atom stereocenters. The summed E-state index contributed by atoms with van der Waals surface area (Å²) in [4.78, 5) is 11.1. The number of halogens is 2. The maximum atomic E-state index is 13.2. The average molecular weight is 341 g/mol. The molecule has 0 saturated carbocycles. The molecular weight excluding hydrogens is 323 g/mol. The highest BCUT2D eigenvalue weighted by Crippen LogP contribution is 2.18. The lowest BCUT2D eigenvalue weighted by molar-refractivity contribution is 0.0596. The maximum Gasteiger partial charge on any atom is 0.339 e. The van der Waals surface area contributed by atoms with Gasteiger partial charge in [0.2, 0.25) is 10.0 Å². The van der Waals surface area contributed by atoms with Gasteiger partial charge in [0.1, 0.15) is 5.82 Å². The van der Waals surface area contributed by atoms with Crippen LogP contribution in [0.5, 0.6) is 0 Å². The quantitative estimate of drug-likeness (QED) is 0.571. The van der Waals surface area contributed by atoms with Crippen LogP contribution in [0.15, 0.2) is 23.1 Å². The van der Waals surface area contributed by atoms with Gasteiger partial charge in [0.25, 0.3) is 0 Å². The smallest absolute Gasteiger partial charge is 0.339 e. The van der Waals surface area contributed by atoms with E-state index in [4.69, 9.17) is 5.73 Å². The first-order valence-corrected chi connectivity index (χ1v) is 7.48. The highest BCUT2D eigenvalue weighted by atomic mass is 35.5. The van der Waals surface area contributed by atoms with Crippen LogP contribution >= 0.6 is 12.4 Å². The number of hydrogen-bond donors (Lipinski definition) is 2. The number of methoxy groups -OCH3 is 1. The molecule has 1 aromatic rings. The van der Waals surface area contributed by atoms with E-state index >= 15 is 0 Å². The molecule has 0 bridgehead atoms. The summed E-state index contributed by atoms with van der Waals surface area (Å²) >= 11 is 0. The van der Waals surface area contributed by atoms with Crippen molar-refractivity contribution in [2.45, 2.75) is 17.7 Å². The molecule has 0 atom stereocenters. The molecule has 3 N–H and O–H groups in total. The molecule has 0 saturated heterocycles. The maximum absolute atomic E-state index is 13.2. The van der Waals surface area contributed by atoms with Crippen molar-refractivity contribution in [2.24, 2.45) is 5.73 Å². The Morgan fingerprint density at radius 1 is 1.38 bits per heavy atom. The number of nitrogens with one attached hydrogen (secondary N) is 1. The van der Waals surface area contributed by atoms with Gasteiger partial charge in [-0.3, -0.25) is 0 Å². The number of ether oxygens (including phenoxy) is 1. The molecule has 0 fully saturated rings. The summed E-state index contributed by atoms with van der Waals surface area (Å²) in [6.07, 6.45) is 1.22. The van der Waals surface area contributed by atoms with Gasteiger partial charge < -0.3 is 10.5 Å². The summed E-state index contributed by atoms with van der Waals surface area (Å²) in [5.41, 5.74) is 5.10. The molecule has 0 aliphatic rings. The van der Waals surface area contributed by atoms with Crippen molar-refractivity contribution in [3.05, 3.63) is 29.6 Å². The van der Waals surface area contributed by atoms with Gasteiger partial charge in [-0.05, 0) is 37.6 Å². The van der Waals surface area contributed by atoms with Crippen LogP contribution in [-0.2, 0) is 14.8 Å². The van der Waals surface area contributed by atoms with E-state index in [0.29, 0.717) is 19.4 Å². The first-order chi connectivity index (χ1) is 9.42. The zero-order valence-electron chi connectivity index (χ0n) is 11.5. The summed E-state index contributed by atoms with van der Waals surface area (Å²) < 4.78 is 44.2. The molecule has 1 aromatic carbocycles. The van der Waals surface area contributed by atoms with Crippen molar-refractivity contribution in [1.82, 2.24) is 4.72 Å². The number of rotatable bonds is 7. The summed E-state index contributed by atoms with van der Waals surface area (Å²) in [5, 5.41) is 0. The van der Waals surface area contributed by atoms with Crippen LogP contribution in [0.1, 0.15) is 23.2 Å². The molecule has 0 heterocycles. The van der Waals surface area contributed by atoms with Crippen molar-refractivity contribution < 1.29 is 22.3 Å². The molecular formula is C12H18ClFN2O4S. The monoisotopic (exact) mass is 340 g/mol. The molecule has 0 aliphatic heterocycles. The van der Waals surface area contributed by atoms with Gasteiger partial charge in [-0.1, -0.05) is 0 Å². The molecule has 0 aliphatic carbocycles. The Balaban J connectivity index is 0.00000400. The predicted molar refractivity (Wildman–Crippen MR) is 78.5 cm³/mol. The number of carbonyl (C=O) groups is 1. The van der Waals surface area contributed by atoms with Crippen LogP contribution in [0.2, 0.25) is 0 Å². The number of sulfonamides is 1. The minimum absolute atomic E-state index is 0. The van der Waals surface area contributed by atoms with Crippen LogP contribution < -0.4 is 10.5 Å². The van der Waals surface area contributed by atoms with Gasteiger partial charge in [0, 0.05) is 6.54 Å². The average Bonchev–Trinajstić information content (AvgIpc) is 2.42. The molecule has 120 valence electrons. The number of hydrogen-bond acceptors (Lipinski definition) is 5. The van der Waals surface area contributed by atoms with Gasteiger partial charge in [-0.15, -0.1) is 12.4 Å². The Morgan fingerprint density at radius 3 is 2.62 bits per heavy atom. The fourth-order valence-electron chi connectivity index (χ4n) is 1.55. The lowest BCUT2D eigenvalue weighted by Crippen LogP contribution is -2.27. The second-order valence-corrected chi connectivity index (χ2v) is 5.76. The van der Waals surface area contributed by atoms with Crippen LogP contribution in [0.25, 0.3) is 0 Å². The molecule has 9 heteroatoms. The molecule has 1 rings (SSSR count). The molecule has 0 amide bonds. The fraction of sp³-hybridized carbons (Fsp3) is 0.417. The second kappa shape index (κ2) is 8.93. The van der Waals surface area contributed by atoms with Crippen molar-refractivity contribution >= 4 is 28.4 Å². The van der Waals surface area contributed by atoms with Crippen molar-refractivity contribution in [1.29, 1.82) is 0 Å². The largest absolute Gasteiger partial charge is 0.465 e. The Kier molecular flexibility index (Phi) is 8.41. The van der Waals surface area contributed by atoms with Crippen molar-refractivity contribution in [3.63, 3.8) is 0 Å². The Labute approximate surface area is 129 Å². The van der Waals surface area contributed by atoms with E-state index in [0.717, 1.165) is 25.3 Å². The Hall–Kier alpha value is -1.22. The van der Waals surface area contributed by atoms with Crippen LogP contribution in [0.4, 0.5) is 4.39 Å². The number of esters is 1. The minimum Gasteiger partial charge on any atom is -0.465 e. The van der Waals surface area contributed by atoms with Gasteiger partial charge in [-0.25, -0.2) is 22.3 Å². The highest BCUT2D eigenvalue weighted by molar-refractivity contribution is 7.89. The van der Waals surface area contributed by atoms with Crippen LogP contribution in [-0.4, -0.2) is 34.6 Å². The van der Waals surface area contributed by atoms with Gasteiger partial charge in [0.15, 0.2) is 0 Å². The zero-order valence-corrected chi connectivity index (χ0v) is 13.1. The predicted octanol–water partition coefficient (Wildman–Crippen LogP) is 1.05. The van der Waals surface area contributed by atoms with E-state index in [-0.39, 0.29) is 24.5 Å². The van der Waals surface area contributed by atoms with E-state index in [1.165, 1.54) is 0 Å². The first-order valence-electron chi connectivity index (χ1n) is 6.00. The van der Waals surface area contributed by atoms with E-state index in [1.807, 2.05) is 0 Å². The summed E-state index contributed by atoms with van der Waals surface area (Å²) in [7, 11) is -2.86. The molecule has 0 aromatic heterocycles. The van der Waals surface area contributed by atoms with E-state index < -0.39 is 26.7 Å². The normalized spacial score (nSPS) is 10.8. The van der Waals surface area contributed by atoms with Gasteiger partial charge in [-0.2, -0.15) is 0 Å². The zero-order chi connectivity index (χ0) is 15.2. The molecule has 6 nitrogen and oxygen atoms in total. The number of nitrogens with two attached hydrogens (primary N) is 1. The van der Waals surface area contributed by atoms with Crippen LogP contribution in [0, 0.1) is 5.82 Å². The number of benzene rings is 1. The standard InChI is InChI=1S/C12H17FN2O4S.ClH/c1-19-12(16)10-5-4-9(13)8-11(10)20(17,18)15-7-3-2-6-14;/h4-5,8,15H,2-3,6-7,14H2,1H3;1H. The molecule has 0 radical (unpaired) electrons. The van der Waals surface area contributed by atoms with E-state index in [2.05, 4.69) is 9.46 Å². The third-order valence-electron chi connectivity index (χ3n) is 2.56. The highest BCUT2D eigenvalue weighted by Gasteiger charge is 2.23. The Morgan fingerprint density at radius 2 is 2.05 bits per heavy atom. The summed E-state index contributed by atoms with van der Waals surface area (Å²) in [6.45, 7) is 0.617. The molecule has 21 heavy (non-hydrogen) atoms. The fourth-order valence-corrected chi connectivity index (χ4v) is 2.83. The lowest BCUT2D eigenvalue weighted by atomic mass is 10.2. The van der Waals surface area contributed by atoms with Crippen molar-refractivity contribution in [2.75, 3.05) is 20.2 Å². The first kappa shape index (κ1) is 19.8. The summed E-state index contributed by atoms with van der Waals surface area (Å²) in [6, 6.07) is 2.87. The van der Waals surface area contributed by atoms with Gasteiger partial charge in [0.05, 0.1) is 17.6 Å². The SMILES string of the molecule is COC(=O)c1ccc(F)cc1S(=O)(=O)NCCCCN.Cl. The van der Waals surface area contributed by atoms with Crippen molar-refractivity contribution in [3.8, 4) is 0 Å². The Bertz CT molecular complexity index is 581. The number of unbranched alkanes of at least 4 members (excludes halogenated alkanes) is 1. The topological polar surface area (TPSA) is 98.5 Å². The van der Waals surface area contributed by atoms with E-state index in [9.17, 15) is 17.6 Å². The number of carbonyl (C=O) groups excluding carboxylic acids is 1. The van der Waals surface area contributed by atoms with E-state index in [1.54, 1.807) is 0 Å². The second-order valence-electron chi connectivity index (χ2n) is 4.03. The lowest BCUT2D eigenvalue weighted by Gasteiger charge is -2.10. The summed E-state index contributed by atoms with van der Waals surface area (Å²) in [5.74, 6) is -1.59. The minimum atomic E-state index is -3.98. The van der Waals surface area contributed by atoms with Crippen LogP contribution in [0.3, 0.4) is 0 Å². The third-order valence-corrected chi connectivity index (χ3v) is 4.06.